The zero-order valence-electron chi connectivity index (χ0n) is 9.84. The lowest BCUT2D eigenvalue weighted by Crippen LogP contribution is -2.15. The Hall–Kier alpha value is -1.16. The van der Waals surface area contributed by atoms with Gasteiger partial charge in [-0.1, -0.05) is 35.3 Å². The van der Waals surface area contributed by atoms with Crippen molar-refractivity contribution in [1.29, 1.82) is 0 Å². The van der Waals surface area contributed by atoms with E-state index in [1.807, 2.05) is 0 Å². The van der Waals surface area contributed by atoms with Gasteiger partial charge in [-0.25, -0.2) is 8.78 Å². The Morgan fingerprint density at radius 3 is 2.37 bits per heavy atom. The normalized spacial score (nSPS) is 12.5. The van der Waals surface area contributed by atoms with Crippen LogP contribution in [0.4, 0.5) is 8.78 Å². The lowest BCUT2D eigenvalue weighted by molar-refractivity contribution is 0.580. The highest BCUT2D eigenvalue weighted by atomic mass is 35.5. The smallest absolute Gasteiger partial charge is 0.141 e. The SMILES string of the molecule is NC(Cc1ccc(F)c(Cl)c1)c1c(F)cccc1Cl. The largest absolute Gasteiger partial charge is 0.324 e. The predicted molar refractivity (Wildman–Crippen MR) is 73.5 cm³/mol. The lowest BCUT2D eigenvalue weighted by atomic mass is 9.99. The van der Waals surface area contributed by atoms with Crippen LogP contribution in [-0.4, -0.2) is 0 Å². The fourth-order valence-electron chi connectivity index (χ4n) is 1.89. The first-order valence-corrected chi connectivity index (χ1v) is 6.38. The summed E-state index contributed by atoms with van der Waals surface area (Å²) in [5.74, 6) is -0.948. The van der Waals surface area contributed by atoms with E-state index >= 15 is 0 Å². The van der Waals surface area contributed by atoms with Crippen LogP contribution in [0.1, 0.15) is 17.2 Å². The van der Waals surface area contributed by atoms with Gasteiger partial charge in [-0.15, -0.1) is 0 Å². The monoisotopic (exact) mass is 301 g/mol. The highest BCUT2D eigenvalue weighted by Crippen LogP contribution is 2.27. The summed E-state index contributed by atoms with van der Waals surface area (Å²) < 4.78 is 26.7. The predicted octanol–water partition coefficient (Wildman–Crippen LogP) is 4.51. The highest BCUT2D eigenvalue weighted by molar-refractivity contribution is 6.31. The summed E-state index contributed by atoms with van der Waals surface area (Å²) >= 11 is 11.6. The molecule has 0 aliphatic heterocycles. The van der Waals surface area contributed by atoms with E-state index in [1.165, 1.54) is 24.3 Å². The second kappa shape index (κ2) is 5.87. The fourth-order valence-corrected chi connectivity index (χ4v) is 2.39. The molecule has 0 spiro atoms. The van der Waals surface area contributed by atoms with Crippen LogP contribution in [0.3, 0.4) is 0 Å². The van der Waals surface area contributed by atoms with Crippen LogP contribution >= 0.6 is 23.2 Å². The minimum absolute atomic E-state index is 0.0179. The van der Waals surface area contributed by atoms with Gasteiger partial charge in [-0.2, -0.15) is 0 Å². The van der Waals surface area contributed by atoms with Crippen molar-refractivity contribution in [2.75, 3.05) is 0 Å². The van der Waals surface area contributed by atoms with Gasteiger partial charge in [0.15, 0.2) is 0 Å². The molecule has 2 aromatic rings. The van der Waals surface area contributed by atoms with E-state index in [0.717, 1.165) is 5.56 Å². The van der Waals surface area contributed by atoms with Gasteiger partial charge in [-0.3, -0.25) is 0 Å². The molecule has 2 aromatic carbocycles. The molecule has 0 amide bonds. The van der Waals surface area contributed by atoms with Crippen LogP contribution in [0.5, 0.6) is 0 Å². The van der Waals surface area contributed by atoms with Crippen LogP contribution in [0, 0.1) is 11.6 Å². The summed E-state index contributed by atoms with van der Waals surface area (Å²) in [5.41, 5.74) is 6.93. The Kier molecular flexibility index (Phi) is 4.40. The molecule has 0 aromatic heterocycles. The lowest BCUT2D eigenvalue weighted by Gasteiger charge is -2.15. The first-order valence-electron chi connectivity index (χ1n) is 5.62. The molecule has 1 atom stereocenters. The van der Waals surface area contributed by atoms with E-state index < -0.39 is 17.7 Å². The molecule has 0 saturated carbocycles. The number of benzene rings is 2. The van der Waals surface area contributed by atoms with E-state index in [1.54, 1.807) is 12.1 Å². The molecule has 0 bridgehead atoms. The Morgan fingerprint density at radius 1 is 1.00 bits per heavy atom. The van der Waals surface area contributed by atoms with Crippen molar-refractivity contribution in [2.45, 2.75) is 12.5 Å². The molecule has 1 nitrogen and oxygen atoms in total. The second-order valence-electron chi connectivity index (χ2n) is 4.19. The molecule has 0 fully saturated rings. The fraction of sp³-hybridized carbons (Fsp3) is 0.143. The molecular formula is C14H11Cl2F2N. The highest BCUT2D eigenvalue weighted by Gasteiger charge is 2.16. The zero-order valence-corrected chi connectivity index (χ0v) is 11.3. The first-order chi connectivity index (χ1) is 8.99. The summed E-state index contributed by atoms with van der Waals surface area (Å²) in [6.45, 7) is 0. The van der Waals surface area contributed by atoms with Crippen molar-refractivity contribution in [3.05, 3.63) is 69.2 Å². The summed E-state index contributed by atoms with van der Waals surface area (Å²) in [7, 11) is 0. The van der Waals surface area contributed by atoms with Gasteiger partial charge in [0.1, 0.15) is 11.6 Å². The van der Waals surface area contributed by atoms with Crippen molar-refractivity contribution < 1.29 is 8.78 Å². The molecule has 0 saturated heterocycles. The summed E-state index contributed by atoms with van der Waals surface area (Å²) in [5, 5.41) is 0.296. The van der Waals surface area contributed by atoms with E-state index in [-0.39, 0.29) is 15.6 Å². The van der Waals surface area contributed by atoms with Crippen molar-refractivity contribution in [3.8, 4) is 0 Å². The van der Waals surface area contributed by atoms with Gasteiger partial charge < -0.3 is 5.73 Å². The van der Waals surface area contributed by atoms with E-state index in [2.05, 4.69) is 0 Å². The maximum atomic E-state index is 13.7. The Balaban J connectivity index is 2.25. The number of rotatable bonds is 3. The van der Waals surface area contributed by atoms with Crippen LogP contribution in [0.15, 0.2) is 36.4 Å². The topological polar surface area (TPSA) is 26.0 Å². The van der Waals surface area contributed by atoms with Crippen molar-refractivity contribution >= 4 is 23.2 Å². The van der Waals surface area contributed by atoms with Gasteiger partial charge in [-0.05, 0) is 36.2 Å². The number of hydrogen-bond acceptors (Lipinski definition) is 1. The number of hydrogen-bond donors (Lipinski definition) is 1. The minimum Gasteiger partial charge on any atom is -0.324 e. The van der Waals surface area contributed by atoms with Gasteiger partial charge in [0.2, 0.25) is 0 Å². The third-order valence-corrected chi connectivity index (χ3v) is 3.43. The molecule has 1 unspecified atom stereocenters. The van der Waals surface area contributed by atoms with Crippen LogP contribution < -0.4 is 5.73 Å². The van der Waals surface area contributed by atoms with Gasteiger partial charge >= 0.3 is 0 Å². The van der Waals surface area contributed by atoms with Gasteiger partial charge in [0.05, 0.1) is 5.02 Å². The standard InChI is InChI=1S/C14H11Cl2F2N/c15-9-2-1-3-12(18)14(9)13(19)7-8-4-5-11(17)10(16)6-8/h1-6,13H,7,19H2. The van der Waals surface area contributed by atoms with Crippen LogP contribution in [-0.2, 0) is 6.42 Å². The molecule has 2 rings (SSSR count). The number of halogens is 4. The Bertz CT molecular complexity index is 582. The first kappa shape index (κ1) is 14.3. The molecule has 5 heteroatoms. The average molecular weight is 302 g/mol. The van der Waals surface area contributed by atoms with E-state index in [4.69, 9.17) is 28.9 Å². The van der Waals surface area contributed by atoms with Crippen molar-refractivity contribution in [3.63, 3.8) is 0 Å². The number of nitrogens with two attached hydrogens (primary N) is 1. The maximum absolute atomic E-state index is 13.7. The quantitative estimate of drug-likeness (QED) is 0.886. The Labute approximate surface area is 119 Å². The Morgan fingerprint density at radius 2 is 1.74 bits per heavy atom. The molecular weight excluding hydrogens is 291 g/mol. The molecule has 2 N–H and O–H groups in total. The van der Waals surface area contributed by atoms with Crippen LogP contribution in [0.25, 0.3) is 0 Å². The van der Waals surface area contributed by atoms with E-state index in [0.29, 0.717) is 6.42 Å². The van der Waals surface area contributed by atoms with E-state index in [9.17, 15) is 8.78 Å². The van der Waals surface area contributed by atoms with Crippen molar-refractivity contribution in [2.24, 2.45) is 5.73 Å². The molecule has 0 heterocycles. The summed E-state index contributed by atoms with van der Waals surface area (Å²) in [4.78, 5) is 0. The summed E-state index contributed by atoms with van der Waals surface area (Å²) in [6, 6.07) is 8.09. The maximum Gasteiger partial charge on any atom is 0.141 e. The third kappa shape index (κ3) is 3.24. The molecule has 0 radical (unpaired) electrons. The van der Waals surface area contributed by atoms with Crippen LogP contribution in [0.2, 0.25) is 10.0 Å². The van der Waals surface area contributed by atoms with Gasteiger partial charge in [0, 0.05) is 16.6 Å². The molecule has 0 aliphatic carbocycles. The summed E-state index contributed by atoms with van der Waals surface area (Å²) in [6.07, 6.45) is 0.320. The molecule has 100 valence electrons. The second-order valence-corrected chi connectivity index (χ2v) is 5.01. The minimum atomic E-state index is -0.616. The molecule has 19 heavy (non-hydrogen) atoms. The zero-order chi connectivity index (χ0) is 14.0. The average Bonchev–Trinajstić information content (AvgIpc) is 2.33. The molecule has 0 aliphatic rings. The third-order valence-electron chi connectivity index (χ3n) is 2.81. The van der Waals surface area contributed by atoms with Crippen molar-refractivity contribution in [1.82, 2.24) is 0 Å². The van der Waals surface area contributed by atoms with Gasteiger partial charge in [0.25, 0.3) is 0 Å².